The summed E-state index contributed by atoms with van der Waals surface area (Å²) < 4.78 is 0. The second kappa shape index (κ2) is 5.50. The van der Waals surface area contributed by atoms with E-state index in [0.29, 0.717) is 5.41 Å². The van der Waals surface area contributed by atoms with E-state index < -0.39 is 0 Å². The lowest BCUT2D eigenvalue weighted by atomic mass is 9.82. The molecule has 2 fully saturated rings. The van der Waals surface area contributed by atoms with Crippen LogP contribution < -0.4 is 5.32 Å². The van der Waals surface area contributed by atoms with Gasteiger partial charge in [0, 0.05) is 6.04 Å². The van der Waals surface area contributed by atoms with Crippen LogP contribution in [0.15, 0.2) is 0 Å². The summed E-state index contributed by atoms with van der Waals surface area (Å²) in [5, 5.41) is 3.59. The second-order valence-electron chi connectivity index (χ2n) is 6.44. The largest absolute Gasteiger partial charge is 0.314 e. The van der Waals surface area contributed by atoms with E-state index in [1.807, 2.05) is 0 Å². The van der Waals surface area contributed by atoms with E-state index in [1.54, 1.807) is 0 Å². The van der Waals surface area contributed by atoms with Crippen molar-refractivity contribution in [3.8, 4) is 0 Å². The zero-order valence-electron chi connectivity index (χ0n) is 11.1. The van der Waals surface area contributed by atoms with Gasteiger partial charge in [0.2, 0.25) is 0 Å². The average molecular weight is 224 g/mol. The first-order valence-electron chi connectivity index (χ1n) is 7.11. The van der Waals surface area contributed by atoms with Crippen molar-refractivity contribution in [3.63, 3.8) is 0 Å². The molecule has 0 aromatic rings. The maximum atomic E-state index is 3.59. The molecule has 0 amide bonds. The maximum Gasteiger partial charge on any atom is 0.00680 e. The predicted octanol–water partition coefficient (Wildman–Crippen LogP) is 2.64. The highest BCUT2D eigenvalue weighted by Crippen LogP contribution is 2.29. The lowest BCUT2D eigenvalue weighted by Gasteiger charge is -2.37. The van der Waals surface area contributed by atoms with Crippen LogP contribution in [0.1, 0.15) is 52.4 Å². The molecule has 2 heteroatoms. The summed E-state index contributed by atoms with van der Waals surface area (Å²) in [5.41, 5.74) is 0.601. The Morgan fingerprint density at radius 2 is 2.00 bits per heavy atom. The molecule has 2 heterocycles. The first-order valence-corrected chi connectivity index (χ1v) is 7.11. The van der Waals surface area contributed by atoms with Gasteiger partial charge in [-0.15, -0.1) is 0 Å². The van der Waals surface area contributed by atoms with Gasteiger partial charge in [0.05, 0.1) is 0 Å². The van der Waals surface area contributed by atoms with Crippen LogP contribution in [0.25, 0.3) is 0 Å². The van der Waals surface area contributed by atoms with Crippen LogP contribution in [0.3, 0.4) is 0 Å². The molecule has 2 nitrogen and oxygen atoms in total. The Morgan fingerprint density at radius 1 is 1.25 bits per heavy atom. The van der Waals surface area contributed by atoms with E-state index in [1.165, 1.54) is 64.7 Å². The molecule has 0 radical (unpaired) electrons. The first kappa shape index (κ1) is 12.4. The molecular weight excluding hydrogens is 196 g/mol. The minimum atomic E-state index is 0.601. The number of piperidine rings is 1. The molecule has 1 unspecified atom stereocenters. The highest BCUT2D eigenvalue weighted by atomic mass is 15.1. The molecular formula is C14H28N2. The van der Waals surface area contributed by atoms with Crippen molar-refractivity contribution in [1.29, 1.82) is 0 Å². The summed E-state index contributed by atoms with van der Waals surface area (Å²) in [4.78, 5) is 2.67. The Morgan fingerprint density at radius 3 is 2.62 bits per heavy atom. The van der Waals surface area contributed by atoms with Gasteiger partial charge in [0.15, 0.2) is 0 Å². The van der Waals surface area contributed by atoms with Crippen molar-refractivity contribution < 1.29 is 0 Å². The molecule has 2 aliphatic rings. The van der Waals surface area contributed by atoms with E-state index in [2.05, 4.69) is 24.1 Å². The van der Waals surface area contributed by atoms with Gasteiger partial charge in [-0.05, 0) is 70.1 Å². The van der Waals surface area contributed by atoms with Gasteiger partial charge in [-0.25, -0.2) is 0 Å². The zero-order chi connectivity index (χ0) is 11.4. The molecule has 0 aromatic heterocycles. The van der Waals surface area contributed by atoms with Crippen LogP contribution in [0, 0.1) is 5.41 Å². The first-order chi connectivity index (χ1) is 7.66. The molecule has 0 spiro atoms. The van der Waals surface area contributed by atoms with E-state index in [9.17, 15) is 0 Å². The van der Waals surface area contributed by atoms with Crippen LogP contribution in [0.4, 0.5) is 0 Å². The fraction of sp³-hybridized carbons (Fsp3) is 1.00. The molecule has 94 valence electrons. The molecule has 0 aromatic carbocycles. The van der Waals surface area contributed by atoms with Crippen LogP contribution in [0.2, 0.25) is 0 Å². The van der Waals surface area contributed by atoms with Crippen LogP contribution >= 0.6 is 0 Å². The van der Waals surface area contributed by atoms with Crippen LogP contribution in [-0.2, 0) is 0 Å². The number of likely N-dealkylation sites (tertiary alicyclic amines) is 1. The van der Waals surface area contributed by atoms with Gasteiger partial charge in [-0.1, -0.05) is 13.8 Å². The van der Waals surface area contributed by atoms with Gasteiger partial charge >= 0.3 is 0 Å². The average Bonchev–Trinajstić information content (AvgIpc) is 2.73. The van der Waals surface area contributed by atoms with Crippen molar-refractivity contribution in [1.82, 2.24) is 10.2 Å². The van der Waals surface area contributed by atoms with E-state index in [0.717, 1.165) is 6.04 Å². The van der Waals surface area contributed by atoms with Gasteiger partial charge in [0.25, 0.3) is 0 Å². The number of hydrogen-bond acceptors (Lipinski definition) is 2. The van der Waals surface area contributed by atoms with Crippen LogP contribution in [0.5, 0.6) is 0 Å². The smallest absolute Gasteiger partial charge is 0.00680 e. The molecule has 0 aliphatic carbocycles. The fourth-order valence-corrected chi connectivity index (χ4v) is 2.95. The maximum absolute atomic E-state index is 3.59. The third-order valence-electron chi connectivity index (χ3n) is 4.40. The Labute approximate surface area is 101 Å². The number of nitrogens with one attached hydrogen (secondary N) is 1. The quantitative estimate of drug-likeness (QED) is 0.790. The molecule has 0 saturated carbocycles. The van der Waals surface area contributed by atoms with E-state index in [-0.39, 0.29) is 0 Å². The zero-order valence-corrected chi connectivity index (χ0v) is 11.1. The molecule has 1 N–H and O–H groups in total. The highest BCUT2D eigenvalue weighted by molar-refractivity contribution is 4.79. The number of hydrogen-bond donors (Lipinski definition) is 1. The Balaban J connectivity index is 1.56. The fourth-order valence-electron chi connectivity index (χ4n) is 2.95. The summed E-state index contributed by atoms with van der Waals surface area (Å²) >= 11 is 0. The summed E-state index contributed by atoms with van der Waals surface area (Å²) in [6.07, 6.45) is 8.34. The Hall–Kier alpha value is -0.0800. The third kappa shape index (κ3) is 3.74. The summed E-state index contributed by atoms with van der Waals surface area (Å²) in [7, 11) is 0. The summed E-state index contributed by atoms with van der Waals surface area (Å²) in [6.45, 7) is 10.0. The standard InChI is InChI=1S/C14H28N2/c1-14(2)7-11-16(12-8-14)10-4-6-13-5-3-9-15-13/h13,15H,3-12H2,1-2H3. The van der Waals surface area contributed by atoms with Gasteiger partial charge < -0.3 is 10.2 Å². The van der Waals surface area contributed by atoms with E-state index >= 15 is 0 Å². The minimum Gasteiger partial charge on any atom is -0.314 e. The highest BCUT2D eigenvalue weighted by Gasteiger charge is 2.25. The van der Waals surface area contributed by atoms with Crippen molar-refractivity contribution in [2.45, 2.75) is 58.4 Å². The molecule has 2 aliphatic heterocycles. The molecule has 1 atom stereocenters. The second-order valence-corrected chi connectivity index (χ2v) is 6.44. The number of rotatable bonds is 4. The van der Waals surface area contributed by atoms with Crippen molar-refractivity contribution in [3.05, 3.63) is 0 Å². The van der Waals surface area contributed by atoms with Crippen molar-refractivity contribution in [2.24, 2.45) is 5.41 Å². The lowest BCUT2D eigenvalue weighted by molar-refractivity contribution is 0.130. The van der Waals surface area contributed by atoms with Gasteiger partial charge in [0.1, 0.15) is 0 Å². The molecule has 0 bridgehead atoms. The minimum absolute atomic E-state index is 0.601. The van der Waals surface area contributed by atoms with E-state index in [4.69, 9.17) is 0 Å². The Bertz CT molecular complexity index is 197. The summed E-state index contributed by atoms with van der Waals surface area (Å²) in [5.74, 6) is 0. The topological polar surface area (TPSA) is 15.3 Å². The van der Waals surface area contributed by atoms with Crippen molar-refractivity contribution in [2.75, 3.05) is 26.2 Å². The third-order valence-corrected chi connectivity index (χ3v) is 4.40. The SMILES string of the molecule is CC1(C)CCN(CCCC2CCCN2)CC1. The normalized spacial score (nSPS) is 30.8. The molecule has 16 heavy (non-hydrogen) atoms. The lowest BCUT2D eigenvalue weighted by Crippen LogP contribution is -2.38. The molecule has 2 saturated heterocycles. The monoisotopic (exact) mass is 224 g/mol. The van der Waals surface area contributed by atoms with Crippen molar-refractivity contribution >= 4 is 0 Å². The Kier molecular flexibility index (Phi) is 4.26. The summed E-state index contributed by atoms with van der Waals surface area (Å²) in [6, 6.07) is 0.834. The van der Waals surface area contributed by atoms with Gasteiger partial charge in [-0.2, -0.15) is 0 Å². The van der Waals surface area contributed by atoms with Crippen LogP contribution in [-0.4, -0.2) is 37.1 Å². The van der Waals surface area contributed by atoms with Gasteiger partial charge in [-0.3, -0.25) is 0 Å². The predicted molar refractivity (Wildman–Crippen MR) is 69.7 cm³/mol. The molecule has 2 rings (SSSR count). The number of nitrogens with zero attached hydrogens (tertiary/aromatic N) is 1.